The molecule has 0 saturated carbocycles. The topological polar surface area (TPSA) is 57.8 Å². The van der Waals surface area contributed by atoms with Crippen LogP contribution >= 0.6 is 12.4 Å². The lowest BCUT2D eigenvalue weighted by Gasteiger charge is -2.04. The monoisotopic (exact) mass is 201 g/mol. The van der Waals surface area contributed by atoms with E-state index >= 15 is 0 Å². The van der Waals surface area contributed by atoms with E-state index in [9.17, 15) is 4.79 Å². The van der Waals surface area contributed by atoms with E-state index in [0.29, 0.717) is 5.92 Å². The van der Waals surface area contributed by atoms with Crippen LogP contribution in [0.25, 0.3) is 0 Å². The fraction of sp³-hybridized carbons (Fsp3) is 0.500. The summed E-state index contributed by atoms with van der Waals surface area (Å²) in [5, 5.41) is 9.68. The van der Waals surface area contributed by atoms with Crippen LogP contribution in [0.1, 0.15) is 18.0 Å². The highest BCUT2D eigenvalue weighted by molar-refractivity contribution is 5.85. The number of aromatic nitrogens is 2. The van der Waals surface area contributed by atoms with E-state index in [1.807, 2.05) is 0 Å². The Balaban J connectivity index is 0.000000845. The molecule has 0 amide bonds. The highest BCUT2D eigenvalue weighted by Gasteiger charge is 2.17. The molecule has 0 spiro atoms. The van der Waals surface area contributed by atoms with E-state index in [4.69, 9.17) is 0 Å². The standard InChI is InChI=1S/C8H11N3O.ClH/c12-8-2-1-7(10-11-8)6-3-4-9-5-6;/h1-2,6,9H,3-5H2,(H,11,12);1H. The predicted molar refractivity (Wildman–Crippen MR) is 52.3 cm³/mol. The Labute approximate surface area is 82.2 Å². The van der Waals surface area contributed by atoms with Crippen molar-refractivity contribution in [2.24, 2.45) is 0 Å². The molecule has 1 aliphatic heterocycles. The molecule has 0 bridgehead atoms. The van der Waals surface area contributed by atoms with Crippen molar-refractivity contribution in [2.45, 2.75) is 12.3 Å². The summed E-state index contributed by atoms with van der Waals surface area (Å²) in [6, 6.07) is 3.33. The molecule has 2 heterocycles. The molecule has 72 valence electrons. The maximum atomic E-state index is 10.7. The minimum atomic E-state index is -0.135. The van der Waals surface area contributed by atoms with Crippen LogP contribution in [0.5, 0.6) is 0 Å². The van der Waals surface area contributed by atoms with Gasteiger partial charge in [-0.05, 0) is 19.0 Å². The van der Waals surface area contributed by atoms with Crippen molar-refractivity contribution in [3.63, 3.8) is 0 Å². The lowest BCUT2D eigenvalue weighted by molar-refractivity contribution is 0.710. The average Bonchev–Trinajstić information content (AvgIpc) is 2.58. The quantitative estimate of drug-likeness (QED) is 0.686. The Hall–Kier alpha value is -0.870. The molecular formula is C8H12ClN3O. The Morgan fingerprint density at radius 1 is 1.46 bits per heavy atom. The van der Waals surface area contributed by atoms with Crippen molar-refractivity contribution in [3.05, 3.63) is 28.2 Å². The van der Waals surface area contributed by atoms with E-state index in [-0.39, 0.29) is 18.0 Å². The summed E-state index contributed by atoms with van der Waals surface area (Å²) in [6.07, 6.45) is 1.11. The van der Waals surface area contributed by atoms with E-state index in [1.165, 1.54) is 6.07 Å². The zero-order chi connectivity index (χ0) is 8.39. The fourth-order valence-corrected chi connectivity index (χ4v) is 1.49. The van der Waals surface area contributed by atoms with Gasteiger partial charge in [0.25, 0.3) is 5.56 Å². The first-order valence-electron chi connectivity index (χ1n) is 4.12. The Morgan fingerprint density at radius 2 is 2.31 bits per heavy atom. The zero-order valence-electron chi connectivity index (χ0n) is 7.12. The molecule has 0 aliphatic carbocycles. The molecule has 0 aromatic carbocycles. The van der Waals surface area contributed by atoms with Gasteiger partial charge in [-0.3, -0.25) is 4.79 Å². The third kappa shape index (κ3) is 2.29. The molecule has 5 heteroatoms. The van der Waals surface area contributed by atoms with Gasteiger partial charge in [-0.25, -0.2) is 5.10 Å². The second-order valence-electron chi connectivity index (χ2n) is 3.04. The SMILES string of the molecule is Cl.O=c1ccc(C2CCNC2)n[nH]1. The summed E-state index contributed by atoms with van der Waals surface area (Å²) < 4.78 is 0. The molecule has 1 fully saturated rings. The van der Waals surface area contributed by atoms with Gasteiger partial charge in [-0.2, -0.15) is 5.10 Å². The highest BCUT2D eigenvalue weighted by atomic mass is 35.5. The van der Waals surface area contributed by atoms with Crippen LogP contribution in [0.2, 0.25) is 0 Å². The molecule has 1 aromatic heterocycles. The van der Waals surface area contributed by atoms with Crippen LogP contribution in [-0.4, -0.2) is 23.3 Å². The van der Waals surface area contributed by atoms with Crippen LogP contribution < -0.4 is 10.9 Å². The van der Waals surface area contributed by atoms with Gasteiger partial charge in [0.05, 0.1) is 5.69 Å². The molecule has 2 N–H and O–H groups in total. The van der Waals surface area contributed by atoms with Crippen LogP contribution in [0.3, 0.4) is 0 Å². The van der Waals surface area contributed by atoms with Crippen molar-refractivity contribution >= 4 is 12.4 Å². The van der Waals surface area contributed by atoms with Gasteiger partial charge in [-0.15, -0.1) is 12.4 Å². The summed E-state index contributed by atoms with van der Waals surface area (Å²) in [4.78, 5) is 10.7. The van der Waals surface area contributed by atoms with E-state index < -0.39 is 0 Å². The number of halogens is 1. The maximum Gasteiger partial charge on any atom is 0.264 e. The molecule has 1 aliphatic rings. The molecule has 1 saturated heterocycles. The Morgan fingerprint density at radius 3 is 2.85 bits per heavy atom. The first-order valence-corrected chi connectivity index (χ1v) is 4.12. The zero-order valence-corrected chi connectivity index (χ0v) is 7.93. The van der Waals surface area contributed by atoms with Gasteiger partial charge >= 0.3 is 0 Å². The number of rotatable bonds is 1. The van der Waals surface area contributed by atoms with E-state index in [0.717, 1.165) is 25.2 Å². The van der Waals surface area contributed by atoms with Gasteiger partial charge in [0.1, 0.15) is 0 Å². The second kappa shape index (κ2) is 4.39. The van der Waals surface area contributed by atoms with Gasteiger partial charge in [-0.1, -0.05) is 0 Å². The molecule has 2 rings (SSSR count). The smallest absolute Gasteiger partial charge is 0.264 e. The van der Waals surface area contributed by atoms with Gasteiger partial charge in [0.15, 0.2) is 0 Å². The predicted octanol–water partition coefficient (Wildman–Crippen LogP) is 0.269. The number of hydrogen-bond donors (Lipinski definition) is 2. The number of nitrogens with one attached hydrogen (secondary N) is 2. The molecule has 13 heavy (non-hydrogen) atoms. The Kier molecular flexibility index (Phi) is 3.45. The van der Waals surface area contributed by atoms with Crippen LogP contribution in [0, 0.1) is 0 Å². The average molecular weight is 202 g/mol. The van der Waals surface area contributed by atoms with Crippen LogP contribution in [0.4, 0.5) is 0 Å². The number of nitrogens with zero attached hydrogens (tertiary/aromatic N) is 1. The summed E-state index contributed by atoms with van der Waals surface area (Å²) in [7, 11) is 0. The summed E-state index contributed by atoms with van der Waals surface area (Å²) in [5.74, 6) is 0.474. The number of aromatic amines is 1. The normalized spacial score (nSPS) is 21.1. The lowest BCUT2D eigenvalue weighted by Crippen LogP contribution is -2.12. The fourth-order valence-electron chi connectivity index (χ4n) is 1.49. The lowest BCUT2D eigenvalue weighted by atomic mass is 10.1. The van der Waals surface area contributed by atoms with E-state index in [2.05, 4.69) is 15.5 Å². The first-order chi connectivity index (χ1) is 5.86. The minimum Gasteiger partial charge on any atom is -0.316 e. The number of hydrogen-bond acceptors (Lipinski definition) is 3. The maximum absolute atomic E-state index is 10.7. The first kappa shape index (κ1) is 10.2. The van der Waals surface area contributed by atoms with Crippen LogP contribution in [0.15, 0.2) is 16.9 Å². The van der Waals surface area contributed by atoms with Gasteiger partial charge in [0.2, 0.25) is 0 Å². The third-order valence-corrected chi connectivity index (χ3v) is 2.18. The molecule has 1 aromatic rings. The summed E-state index contributed by atoms with van der Waals surface area (Å²) in [5.41, 5.74) is 0.851. The van der Waals surface area contributed by atoms with E-state index in [1.54, 1.807) is 6.07 Å². The summed E-state index contributed by atoms with van der Waals surface area (Å²) in [6.45, 7) is 2.02. The number of H-pyrrole nitrogens is 1. The third-order valence-electron chi connectivity index (χ3n) is 2.18. The molecular weight excluding hydrogens is 190 g/mol. The Bertz CT molecular complexity index is 299. The van der Waals surface area contributed by atoms with Crippen molar-refractivity contribution in [1.82, 2.24) is 15.5 Å². The second-order valence-corrected chi connectivity index (χ2v) is 3.04. The van der Waals surface area contributed by atoms with Gasteiger partial charge < -0.3 is 5.32 Å². The van der Waals surface area contributed by atoms with Crippen molar-refractivity contribution in [2.75, 3.05) is 13.1 Å². The molecule has 0 radical (unpaired) electrons. The van der Waals surface area contributed by atoms with Crippen molar-refractivity contribution in [1.29, 1.82) is 0 Å². The minimum absolute atomic E-state index is 0. The molecule has 1 atom stereocenters. The largest absolute Gasteiger partial charge is 0.316 e. The highest BCUT2D eigenvalue weighted by Crippen LogP contribution is 2.18. The molecule has 1 unspecified atom stereocenters. The van der Waals surface area contributed by atoms with Crippen molar-refractivity contribution < 1.29 is 0 Å². The summed E-state index contributed by atoms with van der Waals surface area (Å²) >= 11 is 0. The van der Waals surface area contributed by atoms with Crippen LogP contribution in [-0.2, 0) is 0 Å². The van der Waals surface area contributed by atoms with Crippen molar-refractivity contribution in [3.8, 4) is 0 Å². The molecule has 4 nitrogen and oxygen atoms in total. The van der Waals surface area contributed by atoms with Gasteiger partial charge in [0, 0.05) is 18.5 Å².